The maximum atomic E-state index is 14.1. The standard InChI is InChI=1S/C18H23FN2/c1-2-12-21(14-15-8-4-3-5-9-15)18(13-20)16-10-6-7-11-17(16)19/h3-11,18H,2,12-14,20H2,1H3. The van der Waals surface area contributed by atoms with Crippen LogP contribution < -0.4 is 5.73 Å². The van der Waals surface area contributed by atoms with E-state index in [2.05, 4.69) is 24.0 Å². The van der Waals surface area contributed by atoms with E-state index >= 15 is 0 Å². The topological polar surface area (TPSA) is 29.3 Å². The van der Waals surface area contributed by atoms with Crippen molar-refractivity contribution in [2.75, 3.05) is 13.1 Å². The van der Waals surface area contributed by atoms with E-state index in [9.17, 15) is 4.39 Å². The molecule has 0 bridgehead atoms. The minimum absolute atomic E-state index is 0.0913. The lowest BCUT2D eigenvalue weighted by atomic mass is 10.0. The van der Waals surface area contributed by atoms with Crippen molar-refractivity contribution >= 4 is 0 Å². The molecule has 1 atom stereocenters. The third-order valence-corrected chi connectivity index (χ3v) is 3.67. The van der Waals surface area contributed by atoms with E-state index in [0.29, 0.717) is 12.1 Å². The van der Waals surface area contributed by atoms with Crippen molar-refractivity contribution in [2.45, 2.75) is 25.9 Å². The van der Waals surface area contributed by atoms with Crippen LogP contribution in [0, 0.1) is 5.82 Å². The van der Waals surface area contributed by atoms with Gasteiger partial charge < -0.3 is 5.73 Å². The predicted octanol–water partition coefficient (Wildman–Crippen LogP) is 3.74. The number of rotatable bonds is 7. The van der Waals surface area contributed by atoms with Gasteiger partial charge in [0.05, 0.1) is 6.04 Å². The van der Waals surface area contributed by atoms with Crippen molar-refractivity contribution in [1.29, 1.82) is 0 Å². The summed E-state index contributed by atoms with van der Waals surface area (Å²) in [6.07, 6.45) is 1.01. The highest BCUT2D eigenvalue weighted by atomic mass is 19.1. The second-order valence-corrected chi connectivity index (χ2v) is 5.23. The predicted molar refractivity (Wildman–Crippen MR) is 85.3 cm³/mol. The molecule has 0 aliphatic carbocycles. The summed E-state index contributed by atoms with van der Waals surface area (Å²) in [5, 5.41) is 0. The average molecular weight is 286 g/mol. The summed E-state index contributed by atoms with van der Waals surface area (Å²) < 4.78 is 14.1. The van der Waals surface area contributed by atoms with Gasteiger partial charge in [0.2, 0.25) is 0 Å². The largest absolute Gasteiger partial charge is 0.329 e. The molecule has 2 rings (SSSR count). The number of nitrogens with two attached hydrogens (primary N) is 1. The molecule has 0 aliphatic heterocycles. The van der Waals surface area contributed by atoms with Gasteiger partial charge in [0.25, 0.3) is 0 Å². The number of halogens is 1. The molecule has 2 aromatic rings. The van der Waals surface area contributed by atoms with Crippen LogP contribution in [-0.4, -0.2) is 18.0 Å². The van der Waals surface area contributed by atoms with Crippen molar-refractivity contribution in [3.63, 3.8) is 0 Å². The van der Waals surface area contributed by atoms with E-state index in [-0.39, 0.29) is 11.9 Å². The van der Waals surface area contributed by atoms with Gasteiger partial charge in [-0.2, -0.15) is 0 Å². The van der Waals surface area contributed by atoms with E-state index in [1.165, 1.54) is 11.6 Å². The SMILES string of the molecule is CCCN(Cc1ccccc1)C(CN)c1ccccc1F. The number of hydrogen-bond acceptors (Lipinski definition) is 2. The van der Waals surface area contributed by atoms with E-state index in [4.69, 9.17) is 5.73 Å². The molecular weight excluding hydrogens is 263 g/mol. The number of nitrogens with zero attached hydrogens (tertiary/aromatic N) is 1. The average Bonchev–Trinajstić information content (AvgIpc) is 2.51. The molecule has 3 heteroatoms. The van der Waals surface area contributed by atoms with E-state index in [1.807, 2.05) is 30.3 Å². The van der Waals surface area contributed by atoms with Gasteiger partial charge >= 0.3 is 0 Å². The summed E-state index contributed by atoms with van der Waals surface area (Å²) in [5.41, 5.74) is 7.86. The van der Waals surface area contributed by atoms with Crippen LogP contribution in [-0.2, 0) is 6.54 Å². The molecular formula is C18H23FN2. The second-order valence-electron chi connectivity index (χ2n) is 5.23. The van der Waals surface area contributed by atoms with Gasteiger partial charge in [-0.1, -0.05) is 55.5 Å². The fourth-order valence-corrected chi connectivity index (χ4v) is 2.67. The summed E-state index contributed by atoms with van der Waals surface area (Å²) in [5.74, 6) is -0.179. The van der Waals surface area contributed by atoms with Crippen molar-refractivity contribution in [3.05, 3.63) is 71.5 Å². The van der Waals surface area contributed by atoms with Crippen LogP contribution in [0.4, 0.5) is 4.39 Å². The molecule has 0 aliphatic rings. The summed E-state index contributed by atoms with van der Waals surface area (Å²) in [4.78, 5) is 2.26. The first-order valence-corrected chi connectivity index (χ1v) is 7.48. The monoisotopic (exact) mass is 286 g/mol. The molecule has 0 saturated heterocycles. The molecule has 0 saturated carbocycles. The number of benzene rings is 2. The third kappa shape index (κ3) is 4.13. The molecule has 21 heavy (non-hydrogen) atoms. The molecule has 2 N–H and O–H groups in total. The van der Waals surface area contributed by atoms with Gasteiger partial charge in [-0.05, 0) is 24.6 Å². The van der Waals surface area contributed by atoms with Crippen molar-refractivity contribution in [3.8, 4) is 0 Å². The normalized spacial score (nSPS) is 12.6. The molecule has 0 amide bonds. The zero-order valence-corrected chi connectivity index (χ0v) is 12.5. The first-order chi connectivity index (χ1) is 10.3. The lowest BCUT2D eigenvalue weighted by Crippen LogP contribution is -2.34. The number of hydrogen-bond donors (Lipinski definition) is 1. The lowest BCUT2D eigenvalue weighted by Gasteiger charge is -2.31. The van der Waals surface area contributed by atoms with Crippen LogP contribution in [0.1, 0.15) is 30.5 Å². The summed E-state index contributed by atoms with van der Waals surface area (Å²) >= 11 is 0. The van der Waals surface area contributed by atoms with Gasteiger partial charge in [-0.3, -0.25) is 4.90 Å². The highest BCUT2D eigenvalue weighted by Gasteiger charge is 2.21. The molecule has 0 aromatic heterocycles. The molecule has 0 fully saturated rings. The third-order valence-electron chi connectivity index (χ3n) is 3.67. The van der Waals surface area contributed by atoms with Crippen molar-refractivity contribution < 1.29 is 4.39 Å². The second kappa shape index (κ2) is 7.91. The Morgan fingerprint density at radius 3 is 2.33 bits per heavy atom. The summed E-state index contributed by atoms with van der Waals surface area (Å²) in [6, 6.07) is 17.1. The van der Waals surface area contributed by atoms with Crippen LogP contribution in [0.2, 0.25) is 0 Å². The minimum atomic E-state index is -0.179. The van der Waals surface area contributed by atoms with Crippen molar-refractivity contribution in [1.82, 2.24) is 4.90 Å². The molecule has 2 aromatic carbocycles. The summed E-state index contributed by atoms with van der Waals surface area (Å²) in [6.45, 7) is 4.22. The quantitative estimate of drug-likeness (QED) is 0.840. The molecule has 112 valence electrons. The van der Waals surface area contributed by atoms with E-state index < -0.39 is 0 Å². The molecule has 0 heterocycles. The van der Waals surface area contributed by atoms with E-state index in [0.717, 1.165) is 19.5 Å². The van der Waals surface area contributed by atoms with Crippen LogP contribution in [0.25, 0.3) is 0 Å². The fourth-order valence-electron chi connectivity index (χ4n) is 2.67. The van der Waals surface area contributed by atoms with Crippen LogP contribution in [0.15, 0.2) is 54.6 Å². The van der Waals surface area contributed by atoms with E-state index in [1.54, 1.807) is 6.07 Å². The highest BCUT2D eigenvalue weighted by Crippen LogP contribution is 2.24. The zero-order valence-electron chi connectivity index (χ0n) is 12.5. The van der Waals surface area contributed by atoms with Gasteiger partial charge in [-0.25, -0.2) is 4.39 Å². The van der Waals surface area contributed by atoms with Gasteiger partial charge in [-0.15, -0.1) is 0 Å². The van der Waals surface area contributed by atoms with Gasteiger partial charge in [0.15, 0.2) is 0 Å². The molecule has 0 radical (unpaired) electrons. The molecule has 2 nitrogen and oxygen atoms in total. The van der Waals surface area contributed by atoms with Crippen LogP contribution >= 0.6 is 0 Å². The van der Waals surface area contributed by atoms with Gasteiger partial charge in [0, 0.05) is 18.7 Å². The Balaban J connectivity index is 2.24. The first-order valence-electron chi connectivity index (χ1n) is 7.48. The van der Waals surface area contributed by atoms with Crippen molar-refractivity contribution in [2.24, 2.45) is 5.73 Å². The van der Waals surface area contributed by atoms with Crippen LogP contribution in [0.3, 0.4) is 0 Å². The fraction of sp³-hybridized carbons (Fsp3) is 0.333. The first kappa shape index (κ1) is 15.7. The lowest BCUT2D eigenvalue weighted by molar-refractivity contribution is 0.189. The molecule has 0 spiro atoms. The smallest absolute Gasteiger partial charge is 0.128 e. The Morgan fingerprint density at radius 1 is 1.05 bits per heavy atom. The Morgan fingerprint density at radius 2 is 1.71 bits per heavy atom. The maximum absolute atomic E-state index is 14.1. The Labute approximate surface area is 126 Å². The highest BCUT2D eigenvalue weighted by molar-refractivity contribution is 5.22. The maximum Gasteiger partial charge on any atom is 0.128 e. The zero-order chi connectivity index (χ0) is 15.1. The Hall–Kier alpha value is -1.71. The molecule has 1 unspecified atom stereocenters. The van der Waals surface area contributed by atoms with Crippen LogP contribution in [0.5, 0.6) is 0 Å². The Bertz CT molecular complexity index is 542. The minimum Gasteiger partial charge on any atom is -0.329 e. The summed E-state index contributed by atoms with van der Waals surface area (Å²) in [7, 11) is 0. The van der Waals surface area contributed by atoms with Gasteiger partial charge in [0.1, 0.15) is 5.82 Å². The Kier molecular flexibility index (Phi) is 5.90.